The Labute approximate surface area is 117 Å². The predicted octanol–water partition coefficient (Wildman–Crippen LogP) is 1.97. The maximum Gasteiger partial charge on any atom is 0.327 e. The molecule has 0 aliphatic heterocycles. The Balaban J connectivity index is 2.79. The Morgan fingerprint density at radius 2 is 2.40 bits per heavy atom. The third-order valence-electron chi connectivity index (χ3n) is 2.63. The van der Waals surface area contributed by atoms with Crippen LogP contribution in [0.2, 0.25) is 0 Å². The van der Waals surface area contributed by atoms with Gasteiger partial charge in [0.15, 0.2) is 0 Å². The smallest absolute Gasteiger partial charge is 0.327 e. The monoisotopic (exact) mass is 280 g/mol. The zero-order valence-corrected chi connectivity index (χ0v) is 12.0. The molecule has 20 heavy (non-hydrogen) atoms. The first kappa shape index (κ1) is 16.0. The molecule has 1 aromatic rings. The number of esters is 1. The summed E-state index contributed by atoms with van der Waals surface area (Å²) in [5.74, 6) is -0.364. The summed E-state index contributed by atoms with van der Waals surface area (Å²) in [5.41, 5.74) is 8.97. The van der Waals surface area contributed by atoms with Gasteiger partial charge in [-0.3, -0.25) is 4.68 Å². The van der Waals surface area contributed by atoms with Crippen molar-refractivity contribution < 1.29 is 9.53 Å². The Morgan fingerprint density at radius 1 is 1.65 bits per heavy atom. The fourth-order valence-corrected chi connectivity index (χ4v) is 1.65. The van der Waals surface area contributed by atoms with Gasteiger partial charge in [0.25, 0.3) is 0 Å². The number of carbonyl (C=O) groups is 1. The van der Waals surface area contributed by atoms with Crippen LogP contribution in [0.4, 0.5) is 0 Å². The van der Waals surface area contributed by atoms with Crippen molar-refractivity contribution in [2.45, 2.75) is 32.9 Å². The van der Waals surface area contributed by atoms with Crippen molar-refractivity contribution in [2.24, 2.45) is 5.11 Å². The highest BCUT2D eigenvalue weighted by atomic mass is 16.5. The van der Waals surface area contributed by atoms with Crippen LogP contribution in [0, 0.1) is 0 Å². The second-order valence-electron chi connectivity index (χ2n) is 4.44. The number of azide groups is 1. The molecule has 0 spiro atoms. The summed E-state index contributed by atoms with van der Waals surface area (Å²) < 4.78 is 6.82. The van der Waals surface area contributed by atoms with Gasteiger partial charge in [-0.25, -0.2) is 4.79 Å². The topological polar surface area (TPSA) is 105 Å². The van der Waals surface area contributed by atoms with E-state index in [-0.39, 0.29) is 18.6 Å². The predicted molar refractivity (Wildman–Crippen MR) is 74.0 cm³/mol. The van der Waals surface area contributed by atoms with E-state index >= 15 is 0 Å². The molecule has 110 valence electrons. The number of aromatic nitrogens is 2. The third kappa shape index (κ3) is 4.56. The lowest BCUT2D eigenvalue weighted by atomic mass is 10.1. The van der Waals surface area contributed by atoms with E-state index in [9.17, 15) is 4.79 Å². The van der Waals surface area contributed by atoms with Crippen LogP contribution < -0.4 is 5.32 Å². The van der Waals surface area contributed by atoms with Crippen molar-refractivity contribution in [2.75, 3.05) is 19.7 Å². The summed E-state index contributed by atoms with van der Waals surface area (Å²) in [6, 6.07) is -0.383. The Kier molecular flexibility index (Phi) is 6.55. The minimum atomic E-state index is -0.601. The van der Waals surface area contributed by atoms with Gasteiger partial charge in [0.1, 0.15) is 6.04 Å². The summed E-state index contributed by atoms with van der Waals surface area (Å²) in [4.78, 5) is 14.6. The van der Waals surface area contributed by atoms with Crippen LogP contribution in [0.3, 0.4) is 0 Å². The van der Waals surface area contributed by atoms with Gasteiger partial charge in [0, 0.05) is 35.8 Å². The zero-order valence-electron chi connectivity index (χ0n) is 12.0. The second-order valence-corrected chi connectivity index (χ2v) is 4.44. The summed E-state index contributed by atoms with van der Waals surface area (Å²) in [7, 11) is 0. The second kappa shape index (κ2) is 8.19. The van der Waals surface area contributed by atoms with Gasteiger partial charge in [-0.2, -0.15) is 5.10 Å². The Hall–Kier alpha value is -2.05. The molecule has 8 nitrogen and oxygen atoms in total. The number of nitrogens with zero attached hydrogens (tertiary/aromatic N) is 5. The molecule has 8 heteroatoms. The average molecular weight is 280 g/mol. The van der Waals surface area contributed by atoms with Crippen LogP contribution in [0.1, 0.15) is 38.4 Å². The van der Waals surface area contributed by atoms with Crippen LogP contribution in [0.5, 0.6) is 0 Å². The van der Waals surface area contributed by atoms with Crippen molar-refractivity contribution in [3.8, 4) is 0 Å². The highest BCUT2D eigenvalue weighted by molar-refractivity contribution is 5.77. The largest absolute Gasteiger partial charge is 0.465 e. The molecule has 1 unspecified atom stereocenters. The molecule has 0 bridgehead atoms. The van der Waals surface area contributed by atoms with Gasteiger partial charge < -0.3 is 10.1 Å². The van der Waals surface area contributed by atoms with Gasteiger partial charge >= 0.3 is 5.97 Å². The zero-order chi connectivity index (χ0) is 15.0. The first-order valence-electron chi connectivity index (χ1n) is 6.55. The lowest BCUT2D eigenvalue weighted by molar-refractivity contribution is -0.145. The van der Waals surface area contributed by atoms with Crippen LogP contribution in [-0.2, 0) is 9.53 Å². The van der Waals surface area contributed by atoms with Gasteiger partial charge in [0.2, 0.25) is 0 Å². The molecule has 0 fully saturated rings. The summed E-state index contributed by atoms with van der Waals surface area (Å²) in [5, 5.41) is 10.6. The first-order valence-corrected chi connectivity index (χ1v) is 6.55. The summed E-state index contributed by atoms with van der Waals surface area (Å²) >= 11 is 0. The Bertz CT molecular complexity index is 478. The van der Waals surface area contributed by atoms with Crippen molar-refractivity contribution in [1.29, 1.82) is 0 Å². The number of ether oxygens (including phenoxy) is 1. The maximum absolute atomic E-state index is 12.0. The van der Waals surface area contributed by atoms with E-state index in [1.807, 2.05) is 20.0 Å². The van der Waals surface area contributed by atoms with Gasteiger partial charge in [-0.05, 0) is 26.3 Å². The number of rotatable bonds is 8. The van der Waals surface area contributed by atoms with Crippen molar-refractivity contribution >= 4 is 5.97 Å². The minimum absolute atomic E-state index is 0.217. The lowest BCUT2D eigenvalue weighted by Crippen LogP contribution is -2.31. The van der Waals surface area contributed by atoms with Crippen LogP contribution in [0.15, 0.2) is 17.5 Å². The molecule has 0 radical (unpaired) electrons. The summed E-state index contributed by atoms with van der Waals surface area (Å²) in [6.07, 6.45) is 3.45. The molecule has 0 aliphatic carbocycles. The normalized spacial score (nSPS) is 12.0. The first-order chi connectivity index (χ1) is 9.60. The number of nitrogens with one attached hydrogen (secondary N) is 1. The van der Waals surface area contributed by atoms with Crippen molar-refractivity contribution in [3.63, 3.8) is 0 Å². The highest BCUT2D eigenvalue weighted by Crippen LogP contribution is 2.16. The number of hydrogen-bond acceptors (Lipinski definition) is 5. The van der Waals surface area contributed by atoms with E-state index in [0.29, 0.717) is 13.2 Å². The molecule has 0 aromatic carbocycles. The highest BCUT2D eigenvalue weighted by Gasteiger charge is 2.23. The minimum Gasteiger partial charge on any atom is -0.465 e. The SMILES string of the molecule is CCOC(=O)C(NCCN=[N+]=[N-])c1cnn(C(C)C)c1. The maximum atomic E-state index is 12.0. The molecule has 1 aromatic heterocycles. The average Bonchev–Trinajstić information content (AvgIpc) is 2.88. The number of hydrogen-bond donors (Lipinski definition) is 1. The van der Waals surface area contributed by atoms with Gasteiger partial charge in [0.05, 0.1) is 12.8 Å². The molecular formula is C12H20N6O2. The molecular weight excluding hydrogens is 260 g/mol. The molecule has 0 amide bonds. The lowest BCUT2D eigenvalue weighted by Gasteiger charge is -2.15. The molecule has 1 rings (SSSR count). The van der Waals surface area contributed by atoms with E-state index in [2.05, 4.69) is 20.4 Å². The molecule has 1 heterocycles. The molecule has 1 atom stereocenters. The van der Waals surface area contributed by atoms with E-state index in [1.54, 1.807) is 17.8 Å². The molecule has 0 saturated carbocycles. The summed E-state index contributed by atoms with van der Waals surface area (Å²) in [6.45, 7) is 6.74. The van der Waals surface area contributed by atoms with E-state index in [4.69, 9.17) is 10.3 Å². The quantitative estimate of drug-likeness (QED) is 0.258. The number of carbonyl (C=O) groups excluding carboxylic acids is 1. The molecule has 1 N–H and O–H groups in total. The molecule has 0 aliphatic rings. The van der Waals surface area contributed by atoms with Crippen LogP contribution in [0.25, 0.3) is 10.4 Å². The van der Waals surface area contributed by atoms with Crippen LogP contribution in [-0.4, -0.2) is 35.4 Å². The van der Waals surface area contributed by atoms with Crippen LogP contribution >= 0.6 is 0 Å². The van der Waals surface area contributed by atoms with Gasteiger partial charge in [-0.1, -0.05) is 5.11 Å². The van der Waals surface area contributed by atoms with Crippen molar-refractivity contribution in [1.82, 2.24) is 15.1 Å². The fraction of sp³-hybridized carbons (Fsp3) is 0.667. The van der Waals surface area contributed by atoms with Gasteiger partial charge in [-0.15, -0.1) is 0 Å². The standard InChI is InChI=1S/C12H20N6O2/c1-4-20-12(19)11(14-5-6-15-17-13)10-7-16-18(8-10)9(2)3/h7-9,11,14H,4-6H2,1-3H3. The Morgan fingerprint density at radius 3 is 2.95 bits per heavy atom. The third-order valence-corrected chi connectivity index (χ3v) is 2.63. The van der Waals surface area contributed by atoms with Crippen molar-refractivity contribution in [3.05, 3.63) is 28.4 Å². The fourth-order valence-electron chi connectivity index (χ4n) is 1.65. The van der Waals surface area contributed by atoms with E-state index in [0.717, 1.165) is 5.56 Å². The van der Waals surface area contributed by atoms with E-state index < -0.39 is 6.04 Å². The van der Waals surface area contributed by atoms with E-state index in [1.165, 1.54) is 0 Å². The molecule has 0 saturated heterocycles.